The van der Waals surface area contributed by atoms with E-state index in [0.717, 1.165) is 29.0 Å². The summed E-state index contributed by atoms with van der Waals surface area (Å²) in [4.78, 5) is 18.1. The maximum atomic E-state index is 12.5. The number of hydrogen-bond acceptors (Lipinski definition) is 5. The van der Waals surface area contributed by atoms with E-state index >= 15 is 0 Å². The number of carbonyl (C=O) groups is 1. The fourth-order valence-electron chi connectivity index (χ4n) is 2.71. The molecule has 2 aromatic heterocycles. The fraction of sp³-hybridized carbons (Fsp3) is 0.238. The molecule has 1 aromatic carbocycles. The van der Waals surface area contributed by atoms with Crippen LogP contribution in [0.4, 0.5) is 5.82 Å². The second-order valence-corrected chi connectivity index (χ2v) is 6.88. The van der Waals surface area contributed by atoms with Crippen molar-refractivity contribution in [2.75, 3.05) is 25.5 Å². The molecule has 0 saturated carbocycles. The molecule has 3 rings (SSSR count). The van der Waals surface area contributed by atoms with Gasteiger partial charge in [-0.25, -0.2) is 0 Å². The van der Waals surface area contributed by atoms with Crippen LogP contribution in [0.5, 0.6) is 0 Å². The van der Waals surface area contributed by atoms with Crippen molar-refractivity contribution in [3.05, 3.63) is 82.8 Å². The molecular weight excluding hydrogens is 374 g/mol. The Balaban J connectivity index is 1.48. The summed E-state index contributed by atoms with van der Waals surface area (Å²) in [5.74, 6) is 0.491. The van der Waals surface area contributed by atoms with Crippen molar-refractivity contribution < 1.29 is 4.79 Å². The summed E-state index contributed by atoms with van der Waals surface area (Å²) in [5.41, 5.74) is 2.62. The van der Waals surface area contributed by atoms with Crippen LogP contribution in [0.2, 0.25) is 5.02 Å². The average molecular weight is 396 g/mol. The maximum Gasteiger partial charge on any atom is 0.274 e. The Morgan fingerprint density at radius 2 is 1.86 bits per heavy atom. The fourth-order valence-corrected chi connectivity index (χ4v) is 2.92. The highest BCUT2D eigenvalue weighted by atomic mass is 35.5. The molecule has 144 valence electrons. The number of nitrogens with zero attached hydrogens (tertiary/aromatic N) is 4. The van der Waals surface area contributed by atoms with Crippen LogP contribution in [0.3, 0.4) is 0 Å². The quantitative estimate of drug-likeness (QED) is 0.632. The van der Waals surface area contributed by atoms with Gasteiger partial charge in [-0.3, -0.25) is 9.78 Å². The molecule has 0 atom stereocenters. The van der Waals surface area contributed by atoms with Gasteiger partial charge in [0.1, 0.15) is 5.82 Å². The van der Waals surface area contributed by atoms with Gasteiger partial charge in [0.05, 0.1) is 0 Å². The van der Waals surface area contributed by atoms with Crippen molar-refractivity contribution in [1.82, 2.24) is 20.1 Å². The summed E-state index contributed by atoms with van der Waals surface area (Å²) in [6.07, 6.45) is 5.09. The molecule has 0 unspecified atom stereocenters. The van der Waals surface area contributed by atoms with Crippen molar-refractivity contribution in [3.8, 4) is 0 Å². The van der Waals surface area contributed by atoms with E-state index in [4.69, 9.17) is 11.6 Å². The molecule has 0 aliphatic carbocycles. The van der Waals surface area contributed by atoms with Gasteiger partial charge in [-0.05, 0) is 60.4 Å². The van der Waals surface area contributed by atoms with E-state index in [1.54, 1.807) is 36.5 Å². The zero-order chi connectivity index (χ0) is 19.8. The van der Waals surface area contributed by atoms with Crippen LogP contribution in [0, 0.1) is 0 Å². The number of pyridine rings is 1. The van der Waals surface area contributed by atoms with Crippen LogP contribution in [0.15, 0.2) is 60.9 Å². The zero-order valence-corrected chi connectivity index (χ0v) is 16.4. The monoisotopic (exact) mass is 395 g/mol. The molecule has 0 spiro atoms. The minimum atomic E-state index is -0.146. The second kappa shape index (κ2) is 9.80. The highest BCUT2D eigenvalue weighted by Gasteiger charge is 2.13. The van der Waals surface area contributed by atoms with Gasteiger partial charge in [0.25, 0.3) is 5.91 Å². The second-order valence-electron chi connectivity index (χ2n) is 6.44. The van der Waals surface area contributed by atoms with Gasteiger partial charge in [-0.15, -0.1) is 10.2 Å². The van der Waals surface area contributed by atoms with Gasteiger partial charge in [0, 0.05) is 37.6 Å². The minimum absolute atomic E-state index is 0.146. The van der Waals surface area contributed by atoms with Gasteiger partial charge in [-0.2, -0.15) is 0 Å². The van der Waals surface area contributed by atoms with Crippen molar-refractivity contribution in [1.29, 1.82) is 0 Å². The van der Waals surface area contributed by atoms with Gasteiger partial charge in [0.2, 0.25) is 0 Å². The number of nitrogens with one attached hydrogen (secondary N) is 1. The lowest BCUT2D eigenvalue weighted by Gasteiger charge is -2.16. The van der Waals surface area contributed by atoms with Crippen LogP contribution >= 0.6 is 11.6 Å². The molecule has 7 heteroatoms. The predicted octanol–water partition coefficient (Wildman–Crippen LogP) is 3.49. The molecule has 0 aliphatic rings. The number of amides is 1. The highest BCUT2D eigenvalue weighted by Crippen LogP contribution is 2.11. The molecule has 0 radical (unpaired) electrons. The SMILES string of the molecule is CN(CCc1ccncc1)C(=O)c1ccc(NCCc2cccc(Cl)c2)nn1. The lowest BCUT2D eigenvalue weighted by molar-refractivity contribution is 0.0789. The smallest absolute Gasteiger partial charge is 0.274 e. The first kappa shape index (κ1) is 19.8. The Labute approximate surface area is 169 Å². The molecule has 1 amide bonds. The van der Waals surface area contributed by atoms with Crippen LogP contribution in [-0.2, 0) is 12.8 Å². The lowest BCUT2D eigenvalue weighted by atomic mass is 10.1. The Bertz CT molecular complexity index is 902. The number of carbonyl (C=O) groups excluding carboxylic acids is 1. The van der Waals surface area contributed by atoms with E-state index in [2.05, 4.69) is 20.5 Å². The third kappa shape index (κ3) is 5.76. The number of halogens is 1. The number of likely N-dealkylation sites (N-methyl/N-ethyl adjacent to an activating group) is 1. The van der Waals surface area contributed by atoms with E-state index in [0.29, 0.717) is 24.6 Å². The van der Waals surface area contributed by atoms with E-state index in [1.807, 2.05) is 36.4 Å². The summed E-state index contributed by atoms with van der Waals surface area (Å²) >= 11 is 5.99. The topological polar surface area (TPSA) is 71.0 Å². The minimum Gasteiger partial charge on any atom is -0.368 e. The highest BCUT2D eigenvalue weighted by molar-refractivity contribution is 6.30. The van der Waals surface area contributed by atoms with E-state index < -0.39 is 0 Å². The third-order valence-corrected chi connectivity index (χ3v) is 4.56. The largest absolute Gasteiger partial charge is 0.368 e. The summed E-state index contributed by atoms with van der Waals surface area (Å²) in [6, 6.07) is 15.1. The number of aromatic nitrogens is 3. The Morgan fingerprint density at radius 1 is 1.04 bits per heavy atom. The van der Waals surface area contributed by atoms with Crippen LogP contribution < -0.4 is 5.32 Å². The Kier molecular flexibility index (Phi) is 6.92. The van der Waals surface area contributed by atoms with Crippen LogP contribution in [0.1, 0.15) is 21.6 Å². The molecule has 2 heterocycles. The predicted molar refractivity (Wildman–Crippen MR) is 111 cm³/mol. The molecule has 1 N–H and O–H groups in total. The standard InChI is InChI=1S/C21H22ClN5O/c1-27(14-10-16-7-11-23-12-8-16)21(28)19-5-6-20(26-25-19)24-13-9-17-3-2-4-18(22)15-17/h2-8,11-12,15H,9-10,13-14H2,1H3,(H,24,26). The van der Waals surface area contributed by atoms with Crippen molar-refractivity contribution in [3.63, 3.8) is 0 Å². The third-order valence-electron chi connectivity index (χ3n) is 4.32. The molecule has 28 heavy (non-hydrogen) atoms. The molecule has 0 aliphatic heterocycles. The molecule has 0 fully saturated rings. The average Bonchev–Trinajstić information content (AvgIpc) is 2.73. The number of hydrogen-bond donors (Lipinski definition) is 1. The summed E-state index contributed by atoms with van der Waals surface area (Å²) in [7, 11) is 1.77. The summed E-state index contributed by atoms with van der Waals surface area (Å²) in [5, 5.41) is 12.1. The van der Waals surface area contributed by atoms with E-state index in [1.165, 1.54) is 0 Å². The first-order valence-electron chi connectivity index (χ1n) is 9.08. The van der Waals surface area contributed by atoms with Crippen molar-refractivity contribution in [2.45, 2.75) is 12.8 Å². The number of rotatable bonds is 8. The van der Waals surface area contributed by atoms with Gasteiger partial charge >= 0.3 is 0 Å². The van der Waals surface area contributed by atoms with E-state index in [9.17, 15) is 4.79 Å². The van der Waals surface area contributed by atoms with Crippen LogP contribution in [0.25, 0.3) is 0 Å². The van der Waals surface area contributed by atoms with Crippen molar-refractivity contribution in [2.24, 2.45) is 0 Å². The Hall–Kier alpha value is -2.99. The lowest BCUT2D eigenvalue weighted by Crippen LogP contribution is -2.29. The van der Waals surface area contributed by atoms with Crippen LogP contribution in [-0.4, -0.2) is 46.1 Å². The molecular formula is C21H22ClN5O. The molecule has 3 aromatic rings. The Morgan fingerprint density at radius 3 is 2.57 bits per heavy atom. The van der Waals surface area contributed by atoms with Gasteiger partial charge < -0.3 is 10.2 Å². The van der Waals surface area contributed by atoms with E-state index in [-0.39, 0.29) is 5.91 Å². The summed E-state index contributed by atoms with van der Waals surface area (Å²) in [6.45, 7) is 1.30. The van der Waals surface area contributed by atoms with Gasteiger partial charge in [-0.1, -0.05) is 23.7 Å². The molecule has 0 saturated heterocycles. The van der Waals surface area contributed by atoms with Gasteiger partial charge in [0.15, 0.2) is 5.69 Å². The molecule has 6 nitrogen and oxygen atoms in total. The first-order valence-corrected chi connectivity index (χ1v) is 9.46. The molecule has 0 bridgehead atoms. The summed E-state index contributed by atoms with van der Waals surface area (Å²) < 4.78 is 0. The zero-order valence-electron chi connectivity index (χ0n) is 15.7. The normalized spacial score (nSPS) is 10.5. The first-order chi connectivity index (χ1) is 13.6. The van der Waals surface area contributed by atoms with Crippen molar-refractivity contribution >= 4 is 23.3 Å². The number of anilines is 1. The number of benzene rings is 1. The maximum absolute atomic E-state index is 12.5.